The van der Waals surface area contributed by atoms with Crippen LogP contribution in [0.25, 0.3) is 26.0 Å². The van der Waals surface area contributed by atoms with E-state index in [1.165, 1.54) is 11.9 Å². The van der Waals surface area contributed by atoms with Crippen LogP contribution in [0.15, 0.2) is 61.2 Å². The molecule has 6 rings (SSSR count). The van der Waals surface area contributed by atoms with Gasteiger partial charge in [-0.25, -0.2) is 19.8 Å². The van der Waals surface area contributed by atoms with Crippen LogP contribution in [0.2, 0.25) is 0 Å². The number of piperidine rings is 1. The van der Waals surface area contributed by atoms with Gasteiger partial charge in [-0.05, 0) is 67.1 Å². The number of carbonyl (C=O) groups excluding carboxylic acids is 1. The van der Waals surface area contributed by atoms with E-state index in [9.17, 15) is 23.2 Å². The number of likely N-dealkylation sites (tertiary alicyclic amines) is 1. The van der Waals surface area contributed by atoms with Gasteiger partial charge in [0.05, 0.1) is 18.4 Å². The second-order valence-corrected chi connectivity index (χ2v) is 13.1. The van der Waals surface area contributed by atoms with E-state index in [-0.39, 0.29) is 16.6 Å². The van der Waals surface area contributed by atoms with Crippen molar-refractivity contribution < 1.29 is 18.0 Å². The quantitative estimate of drug-likeness (QED) is 0.120. The van der Waals surface area contributed by atoms with Gasteiger partial charge in [0.2, 0.25) is 5.70 Å². The van der Waals surface area contributed by atoms with Crippen LogP contribution in [0.1, 0.15) is 40.1 Å². The van der Waals surface area contributed by atoms with Gasteiger partial charge in [0.25, 0.3) is 5.91 Å². The highest BCUT2D eigenvalue weighted by molar-refractivity contribution is 7.18. The summed E-state index contributed by atoms with van der Waals surface area (Å²) in [6, 6.07) is 13.7. The molecule has 250 valence electrons. The molecule has 10 nitrogen and oxygen atoms in total. The lowest BCUT2D eigenvalue weighted by Gasteiger charge is -2.33. The second kappa shape index (κ2) is 14.0. The Morgan fingerprint density at radius 2 is 1.96 bits per heavy atom. The highest BCUT2D eigenvalue weighted by Gasteiger charge is 2.29. The topological polar surface area (TPSA) is 116 Å². The number of carbonyl (C=O) groups is 1. The van der Waals surface area contributed by atoms with Gasteiger partial charge in [0.1, 0.15) is 34.6 Å². The summed E-state index contributed by atoms with van der Waals surface area (Å²) in [6.07, 6.45) is 0.166. The largest absolute Gasteiger partial charge is 0.393 e. The predicted molar refractivity (Wildman–Crippen MR) is 183 cm³/mol. The molecule has 1 aliphatic heterocycles. The minimum atomic E-state index is -4.27. The summed E-state index contributed by atoms with van der Waals surface area (Å²) in [4.78, 5) is 30.9. The molecule has 49 heavy (non-hydrogen) atoms. The summed E-state index contributed by atoms with van der Waals surface area (Å²) < 4.78 is 40.8. The zero-order chi connectivity index (χ0) is 34.7. The summed E-state index contributed by atoms with van der Waals surface area (Å²) in [6.45, 7) is 15.4. The van der Waals surface area contributed by atoms with Crippen LogP contribution >= 0.6 is 11.3 Å². The van der Waals surface area contributed by atoms with Gasteiger partial charge in [-0.3, -0.25) is 9.69 Å². The molecule has 0 spiro atoms. The SMILES string of the molecule is [C-]#[N+]C(=C)C(=O)Nc1ccc(CCn2c(C#N)cc3c(C)c(CN4CCC(Nc5ncnc6sc(CC(F)(F)F)cc56)CC4)ccc32)cn1. The predicted octanol–water partition coefficient (Wildman–Crippen LogP) is 7.02. The molecule has 14 heteroatoms. The van der Waals surface area contributed by atoms with Crippen molar-refractivity contribution in [2.45, 2.75) is 57.9 Å². The number of thiophene rings is 1. The number of nitrogens with one attached hydrogen (secondary N) is 2. The summed E-state index contributed by atoms with van der Waals surface area (Å²) in [5, 5.41) is 17.6. The van der Waals surface area contributed by atoms with E-state index in [1.54, 1.807) is 18.3 Å². The number of hydrogen-bond donors (Lipinski definition) is 2. The smallest absolute Gasteiger partial charge is 0.367 e. The van der Waals surface area contributed by atoms with E-state index in [0.29, 0.717) is 40.5 Å². The average molecular weight is 684 g/mol. The third-order valence-electron chi connectivity index (χ3n) is 8.75. The number of alkyl halides is 3. The molecule has 0 radical (unpaired) electrons. The van der Waals surface area contributed by atoms with E-state index in [1.807, 2.05) is 16.7 Å². The van der Waals surface area contributed by atoms with Gasteiger partial charge >= 0.3 is 6.18 Å². The number of fused-ring (bicyclic) bond motifs is 2. The molecule has 0 aliphatic carbocycles. The van der Waals surface area contributed by atoms with Crippen molar-refractivity contribution >= 4 is 50.0 Å². The molecule has 0 bridgehead atoms. The maximum Gasteiger partial charge on any atom is 0.393 e. The highest BCUT2D eigenvalue weighted by Crippen LogP contribution is 2.33. The minimum absolute atomic E-state index is 0.144. The Kier molecular flexibility index (Phi) is 9.62. The molecule has 4 aromatic heterocycles. The second-order valence-electron chi connectivity index (χ2n) is 12.0. The van der Waals surface area contributed by atoms with Crippen molar-refractivity contribution in [3.63, 3.8) is 0 Å². The van der Waals surface area contributed by atoms with Crippen molar-refractivity contribution in [3.05, 3.63) is 99.9 Å². The third-order valence-corrected chi connectivity index (χ3v) is 9.79. The number of benzene rings is 1. The van der Waals surface area contributed by atoms with E-state index in [0.717, 1.165) is 65.8 Å². The molecular weight excluding hydrogens is 652 g/mol. The summed E-state index contributed by atoms with van der Waals surface area (Å²) >= 11 is 1.05. The maximum absolute atomic E-state index is 12.9. The van der Waals surface area contributed by atoms with Crippen LogP contribution < -0.4 is 10.6 Å². The fraction of sp³-hybridized carbons (Fsp3) is 0.314. The molecule has 1 fully saturated rings. The number of nitrogens with zero attached hydrogens (tertiary/aromatic N) is 7. The number of hydrogen-bond acceptors (Lipinski definition) is 8. The molecule has 5 aromatic rings. The Hall–Kier alpha value is -5.31. The lowest BCUT2D eigenvalue weighted by Crippen LogP contribution is -2.39. The van der Waals surface area contributed by atoms with Crippen LogP contribution in [-0.2, 0) is 30.7 Å². The molecule has 0 saturated carbocycles. The van der Waals surface area contributed by atoms with Gasteiger partial charge in [-0.1, -0.05) is 18.7 Å². The van der Waals surface area contributed by atoms with Crippen LogP contribution in [0.4, 0.5) is 24.8 Å². The zero-order valence-electron chi connectivity index (χ0n) is 26.6. The fourth-order valence-corrected chi connectivity index (χ4v) is 7.15. The molecule has 1 aliphatic rings. The van der Waals surface area contributed by atoms with Crippen molar-refractivity contribution in [3.8, 4) is 6.07 Å². The molecule has 0 unspecified atom stereocenters. The lowest BCUT2D eigenvalue weighted by molar-refractivity contribution is -0.126. The van der Waals surface area contributed by atoms with E-state index in [4.69, 9.17) is 6.57 Å². The number of anilines is 2. The molecule has 5 heterocycles. The van der Waals surface area contributed by atoms with Crippen LogP contribution in [0.5, 0.6) is 0 Å². The van der Waals surface area contributed by atoms with Crippen LogP contribution in [0.3, 0.4) is 0 Å². The molecule has 1 aromatic carbocycles. The Morgan fingerprint density at radius 1 is 1.16 bits per heavy atom. The number of nitriles is 1. The van der Waals surface area contributed by atoms with Crippen molar-refractivity contribution in [1.29, 1.82) is 5.26 Å². The summed E-state index contributed by atoms with van der Waals surface area (Å²) in [5.41, 5.74) is 4.61. The number of rotatable bonds is 10. The Labute approximate surface area is 284 Å². The number of halogens is 3. The first-order valence-electron chi connectivity index (χ1n) is 15.6. The molecule has 1 saturated heterocycles. The number of aryl methyl sites for hydroxylation is 3. The normalized spacial score (nSPS) is 14.1. The first kappa shape index (κ1) is 33.6. The lowest BCUT2D eigenvalue weighted by atomic mass is 10.0. The van der Waals surface area contributed by atoms with E-state index < -0.39 is 18.5 Å². The van der Waals surface area contributed by atoms with Crippen LogP contribution in [0, 0.1) is 24.8 Å². The van der Waals surface area contributed by atoms with Gasteiger partial charge < -0.3 is 15.2 Å². The van der Waals surface area contributed by atoms with E-state index in [2.05, 4.69) is 67.0 Å². The van der Waals surface area contributed by atoms with Crippen molar-refractivity contribution in [2.75, 3.05) is 23.7 Å². The number of aromatic nitrogens is 4. The van der Waals surface area contributed by atoms with Crippen molar-refractivity contribution in [2.24, 2.45) is 0 Å². The van der Waals surface area contributed by atoms with E-state index >= 15 is 0 Å². The van der Waals surface area contributed by atoms with Gasteiger partial charge in [-0.15, -0.1) is 11.3 Å². The minimum Gasteiger partial charge on any atom is -0.367 e. The van der Waals surface area contributed by atoms with Crippen molar-refractivity contribution in [1.82, 2.24) is 24.4 Å². The third kappa shape index (κ3) is 7.72. The maximum atomic E-state index is 12.9. The molecular formula is C35H32F3N9OS. The number of pyridine rings is 1. The molecule has 1 amide bonds. The fourth-order valence-electron chi connectivity index (χ4n) is 6.13. The monoisotopic (exact) mass is 683 g/mol. The van der Waals surface area contributed by atoms with Crippen LogP contribution in [-0.4, -0.2) is 55.6 Å². The average Bonchev–Trinajstić information content (AvgIpc) is 3.66. The Balaban J connectivity index is 1.07. The molecule has 2 N–H and O–H groups in total. The van der Waals surface area contributed by atoms with Gasteiger partial charge in [0.15, 0.2) is 0 Å². The molecule has 0 atom stereocenters. The highest BCUT2D eigenvalue weighted by atomic mass is 32.1. The first-order valence-corrected chi connectivity index (χ1v) is 16.5. The first-order chi connectivity index (χ1) is 23.5. The Morgan fingerprint density at radius 3 is 2.65 bits per heavy atom. The van der Waals surface area contributed by atoms with Gasteiger partial charge in [-0.2, -0.15) is 18.4 Å². The van der Waals surface area contributed by atoms with Gasteiger partial charge in [0, 0.05) is 54.2 Å². The summed E-state index contributed by atoms with van der Waals surface area (Å²) in [5.74, 6) is 0.320. The summed E-state index contributed by atoms with van der Waals surface area (Å²) in [7, 11) is 0. The Bertz CT molecular complexity index is 2120. The number of amides is 1. The zero-order valence-corrected chi connectivity index (χ0v) is 27.5. The standard InChI is InChI=1S/C35H32F3N9OS/c1-21-24(19-46-11-9-25(10-12-46)44-32-29-15-27(16-35(36,37)38)49-34(29)43-20-42-32)5-6-30-28(21)14-26(17-39)47(30)13-8-23-4-7-31(41-18-23)45-33(48)22(2)40-3/h4-7,14-15,18,20,25H,2,8-13,16,19H2,1H3,(H,41,45,48)(H,42,43,44).